The van der Waals surface area contributed by atoms with Crippen molar-refractivity contribution in [2.45, 2.75) is 51.7 Å². The number of hydrogen-bond acceptors (Lipinski definition) is 6. The van der Waals surface area contributed by atoms with Gasteiger partial charge in [-0.25, -0.2) is 0 Å². The Morgan fingerprint density at radius 1 is 1.07 bits per heavy atom. The fourth-order valence-electron chi connectivity index (χ4n) is 3.32. The number of aliphatic hydroxyl groups is 2. The molecule has 0 amide bonds. The van der Waals surface area contributed by atoms with Gasteiger partial charge in [0.15, 0.2) is 0 Å². The molecule has 3 aromatic rings. The lowest BCUT2D eigenvalue weighted by atomic mass is 9.94. The van der Waals surface area contributed by atoms with Crippen molar-refractivity contribution in [2.75, 3.05) is 0 Å². The molecule has 0 saturated carbocycles. The Morgan fingerprint density at radius 2 is 1.80 bits per heavy atom. The summed E-state index contributed by atoms with van der Waals surface area (Å²) in [6.07, 6.45) is 2.54. The Bertz CT molecular complexity index is 1070. The summed E-state index contributed by atoms with van der Waals surface area (Å²) in [5.74, 6) is 0.437. The van der Waals surface area contributed by atoms with E-state index in [1.54, 1.807) is 32.0 Å². The molecule has 0 fully saturated rings. The van der Waals surface area contributed by atoms with Gasteiger partial charge in [-0.15, -0.1) is 0 Å². The molecular weight excluding hydrogens is 384 g/mol. The van der Waals surface area contributed by atoms with Gasteiger partial charge < -0.3 is 29.9 Å². The van der Waals surface area contributed by atoms with Gasteiger partial charge in [0.1, 0.15) is 28.6 Å². The van der Waals surface area contributed by atoms with Gasteiger partial charge in [-0.1, -0.05) is 11.6 Å². The van der Waals surface area contributed by atoms with Gasteiger partial charge in [-0.3, -0.25) is 0 Å². The summed E-state index contributed by atoms with van der Waals surface area (Å²) in [5.41, 5.74) is 1.51. The van der Waals surface area contributed by atoms with Crippen LogP contribution in [0.2, 0.25) is 0 Å². The van der Waals surface area contributed by atoms with Crippen molar-refractivity contribution < 1.29 is 29.9 Å². The maximum absolute atomic E-state index is 10.4. The molecule has 0 saturated heterocycles. The van der Waals surface area contributed by atoms with E-state index in [4.69, 9.17) is 4.42 Å². The number of aromatic hydroxyl groups is 3. The Morgan fingerprint density at radius 3 is 2.50 bits per heavy atom. The monoisotopic (exact) mass is 412 g/mol. The molecule has 0 radical (unpaired) electrons. The van der Waals surface area contributed by atoms with Crippen molar-refractivity contribution in [1.29, 1.82) is 0 Å². The number of benzene rings is 2. The lowest BCUT2D eigenvalue weighted by Gasteiger charge is -2.24. The van der Waals surface area contributed by atoms with Crippen LogP contribution in [0.3, 0.4) is 0 Å². The summed E-state index contributed by atoms with van der Waals surface area (Å²) in [5, 5.41) is 50.7. The second-order valence-corrected chi connectivity index (χ2v) is 8.29. The van der Waals surface area contributed by atoms with Crippen LogP contribution in [-0.4, -0.2) is 37.2 Å². The van der Waals surface area contributed by atoms with Crippen LogP contribution in [0, 0.1) is 0 Å². The second kappa shape index (κ2) is 8.42. The molecule has 1 atom stereocenters. The predicted molar refractivity (Wildman–Crippen MR) is 116 cm³/mol. The number of aliphatic hydroxyl groups excluding tert-OH is 1. The van der Waals surface area contributed by atoms with Gasteiger partial charge >= 0.3 is 0 Å². The van der Waals surface area contributed by atoms with Crippen molar-refractivity contribution >= 4 is 11.0 Å². The first-order valence-corrected chi connectivity index (χ1v) is 9.88. The summed E-state index contributed by atoms with van der Waals surface area (Å²) >= 11 is 0. The molecule has 0 aliphatic heterocycles. The van der Waals surface area contributed by atoms with Crippen LogP contribution in [0.1, 0.15) is 39.2 Å². The number of rotatable bonds is 7. The van der Waals surface area contributed by atoms with Gasteiger partial charge in [0.05, 0.1) is 11.7 Å². The van der Waals surface area contributed by atoms with Gasteiger partial charge in [-0.2, -0.15) is 0 Å². The highest BCUT2D eigenvalue weighted by atomic mass is 16.3. The maximum Gasteiger partial charge on any atom is 0.138 e. The number of allylic oxidation sites excluding steroid dienone is 2. The fourth-order valence-corrected chi connectivity index (χ4v) is 3.32. The van der Waals surface area contributed by atoms with E-state index in [0.717, 1.165) is 11.0 Å². The molecule has 0 spiro atoms. The second-order valence-electron chi connectivity index (χ2n) is 8.29. The van der Waals surface area contributed by atoms with Crippen LogP contribution in [-0.2, 0) is 6.42 Å². The van der Waals surface area contributed by atoms with Gasteiger partial charge in [0.2, 0.25) is 0 Å². The van der Waals surface area contributed by atoms with E-state index in [1.807, 2.05) is 13.0 Å². The first-order valence-electron chi connectivity index (χ1n) is 9.88. The third-order valence-electron chi connectivity index (χ3n) is 5.26. The normalized spacial score (nSPS) is 13.7. The quantitative estimate of drug-likeness (QED) is 0.362. The number of phenols is 3. The third kappa shape index (κ3) is 4.96. The summed E-state index contributed by atoms with van der Waals surface area (Å²) in [7, 11) is 0. The molecule has 0 bridgehead atoms. The molecule has 1 unspecified atom stereocenters. The minimum Gasteiger partial charge on any atom is -0.508 e. The van der Waals surface area contributed by atoms with Crippen LogP contribution >= 0.6 is 0 Å². The molecule has 0 aliphatic rings. The minimum absolute atomic E-state index is 0.0473. The van der Waals surface area contributed by atoms with Crippen molar-refractivity contribution in [3.63, 3.8) is 0 Å². The molecule has 0 aliphatic carbocycles. The number of fused-ring (bicyclic) bond motifs is 1. The summed E-state index contributed by atoms with van der Waals surface area (Å²) in [6, 6.07) is 9.43. The Kier molecular flexibility index (Phi) is 6.10. The molecule has 3 rings (SSSR count). The van der Waals surface area contributed by atoms with E-state index in [1.165, 1.54) is 18.2 Å². The molecule has 1 aromatic heterocycles. The number of furan rings is 1. The lowest BCUT2D eigenvalue weighted by Crippen LogP contribution is -2.35. The average molecular weight is 412 g/mol. The van der Waals surface area contributed by atoms with Gasteiger partial charge in [-0.05, 0) is 64.3 Å². The zero-order chi connectivity index (χ0) is 22.1. The number of phenolic OH excluding ortho intramolecular Hbond substituents is 3. The molecule has 2 aromatic carbocycles. The van der Waals surface area contributed by atoms with E-state index in [0.29, 0.717) is 41.7 Å². The van der Waals surface area contributed by atoms with Crippen LogP contribution in [0.5, 0.6) is 17.2 Å². The topological polar surface area (TPSA) is 114 Å². The summed E-state index contributed by atoms with van der Waals surface area (Å²) < 4.78 is 5.85. The Hall–Kier alpha value is -2.96. The number of hydrogen-bond donors (Lipinski definition) is 5. The summed E-state index contributed by atoms with van der Waals surface area (Å²) in [4.78, 5) is 0. The predicted octanol–water partition coefficient (Wildman–Crippen LogP) is 4.62. The highest BCUT2D eigenvalue weighted by Gasteiger charge is 2.23. The van der Waals surface area contributed by atoms with Crippen LogP contribution in [0.4, 0.5) is 0 Å². The van der Waals surface area contributed by atoms with Crippen molar-refractivity contribution in [3.05, 3.63) is 53.6 Å². The first-order chi connectivity index (χ1) is 14.0. The van der Waals surface area contributed by atoms with E-state index >= 15 is 0 Å². The first kappa shape index (κ1) is 21.7. The van der Waals surface area contributed by atoms with Gasteiger partial charge in [0.25, 0.3) is 0 Å². The molecule has 1 heterocycles. The Labute approximate surface area is 175 Å². The zero-order valence-corrected chi connectivity index (χ0v) is 17.4. The highest BCUT2D eigenvalue weighted by Crippen LogP contribution is 2.38. The van der Waals surface area contributed by atoms with Crippen LogP contribution < -0.4 is 0 Å². The van der Waals surface area contributed by atoms with E-state index < -0.39 is 11.7 Å². The molecule has 6 heteroatoms. The minimum atomic E-state index is -1.15. The van der Waals surface area contributed by atoms with Gasteiger partial charge in [0, 0.05) is 28.6 Å². The molecule has 6 nitrogen and oxygen atoms in total. The standard InChI is InChI=1S/C24H28O6/c1-14(5-9-23(28)24(2,3)29)4-8-18-19(11-17(26)12-20(18)27)22-10-15-6-7-16(25)13-21(15)30-22/h4,6-7,10-13,23,25-29H,5,8-9H2,1-3H3. The lowest BCUT2D eigenvalue weighted by molar-refractivity contribution is -0.0509. The van der Waals surface area contributed by atoms with Crippen LogP contribution in [0.25, 0.3) is 22.3 Å². The van der Waals surface area contributed by atoms with E-state index in [-0.39, 0.29) is 17.2 Å². The van der Waals surface area contributed by atoms with E-state index in [2.05, 4.69) is 0 Å². The maximum atomic E-state index is 10.4. The largest absolute Gasteiger partial charge is 0.508 e. The molecular formula is C24H28O6. The molecule has 5 N–H and O–H groups in total. The zero-order valence-electron chi connectivity index (χ0n) is 17.4. The SMILES string of the molecule is CC(=CCc1c(O)cc(O)cc1-c1cc2ccc(O)cc2o1)CCC(O)C(C)(C)O. The summed E-state index contributed by atoms with van der Waals surface area (Å²) in [6.45, 7) is 5.08. The molecule has 160 valence electrons. The van der Waals surface area contributed by atoms with E-state index in [9.17, 15) is 25.5 Å². The fraction of sp³-hybridized carbons (Fsp3) is 0.333. The van der Waals surface area contributed by atoms with Crippen molar-refractivity contribution in [3.8, 4) is 28.6 Å². The van der Waals surface area contributed by atoms with Crippen molar-refractivity contribution in [1.82, 2.24) is 0 Å². The third-order valence-corrected chi connectivity index (χ3v) is 5.26. The molecule has 30 heavy (non-hydrogen) atoms. The smallest absolute Gasteiger partial charge is 0.138 e. The van der Waals surface area contributed by atoms with Crippen molar-refractivity contribution in [2.24, 2.45) is 0 Å². The average Bonchev–Trinajstić information content (AvgIpc) is 3.06. The van der Waals surface area contributed by atoms with Crippen LogP contribution in [0.15, 0.2) is 52.5 Å². The Balaban J connectivity index is 1.88. The highest BCUT2D eigenvalue weighted by molar-refractivity contribution is 5.85.